The van der Waals surface area contributed by atoms with Crippen LogP contribution in [0.15, 0.2) is 36.4 Å². The van der Waals surface area contributed by atoms with Crippen molar-refractivity contribution in [1.82, 2.24) is 10.6 Å². The number of carbonyl (C=O) groups excluding carboxylic acids is 2. The van der Waals surface area contributed by atoms with Gasteiger partial charge < -0.3 is 20.7 Å². The van der Waals surface area contributed by atoms with Crippen LogP contribution in [0.2, 0.25) is 5.02 Å². The zero-order valence-corrected chi connectivity index (χ0v) is 17.7. The van der Waals surface area contributed by atoms with Crippen molar-refractivity contribution in [3.63, 3.8) is 0 Å². The lowest BCUT2D eigenvalue weighted by Gasteiger charge is -2.29. The van der Waals surface area contributed by atoms with E-state index in [0.29, 0.717) is 24.6 Å². The third-order valence-corrected chi connectivity index (χ3v) is 5.22. The molecule has 1 aliphatic heterocycles. The molecule has 1 heterocycles. The molecule has 0 aliphatic carbocycles. The van der Waals surface area contributed by atoms with Gasteiger partial charge in [-0.05, 0) is 43.2 Å². The van der Waals surface area contributed by atoms with Gasteiger partial charge in [0, 0.05) is 18.7 Å². The summed E-state index contributed by atoms with van der Waals surface area (Å²) < 4.78 is 70.9. The van der Waals surface area contributed by atoms with Gasteiger partial charge in [-0.3, -0.25) is 9.59 Å². The first-order chi connectivity index (χ1) is 15.5. The molecule has 2 atom stereocenters. The topological polar surface area (TPSA) is 79.5 Å². The van der Waals surface area contributed by atoms with E-state index >= 15 is 0 Å². The lowest BCUT2D eigenvalue weighted by atomic mass is 10.00. The summed E-state index contributed by atoms with van der Waals surface area (Å²) in [6.45, 7) is -0.166. The van der Waals surface area contributed by atoms with Gasteiger partial charge in [-0.1, -0.05) is 11.6 Å². The highest BCUT2D eigenvalue weighted by Gasteiger charge is 2.32. The van der Waals surface area contributed by atoms with Crippen molar-refractivity contribution in [3.8, 4) is 5.75 Å². The lowest BCUT2D eigenvalue weighted by Crippen LogP contribution is -2.53. The van der Waals surface area contributed by atoms with E-state index in [1.165, 1.54) is 12.1 Å². The van der Waals surface area contributed by atoms with Crippen LogP contribution in [0.25, 0.3) is 0 Å². The summed E-state index contributed by atoms with van der Waals surface area (Å²) in [4.78, 5) is 24.4. The number of alkyl halides is 3. The van der Waals surface area contributed by atoms with E-state index in [0.717, 1.165) is 6.07 Å². The second-order valence-electron chi connectivity index (χ2n) is 7.35. The van der Waals surface area contributed by atoms with Crippen LogP contribution < -0.4 is 20.7 Å². The summed E-state index contributed by atoms with van der Waals surface area (Å²) in [6, 6.07) is 4.41. The minimum Gasteiger partial charge on any atom is -0.484 e. The van der Waals surface area contributed by atoms with Crippen molar-refractivity contribution in [2.45, 2.75) is 31.1 Å². The maximum absolute atomic E-state index is 13.8. The third-order valence-electron chi connectivity index (χ3n) is 4.91. The first-order valence-electron chi connectivity index (χ1n) is 9.81. The molecule has 33 heavy (non-hydrogen) atoms. The van der Waals surface area contributed by atoms with E-state index in [1.807, 2.05) is 0 Å². The molecule has 3 rings (SSSR count). The number of halogens is 6. The predicted octanol–water partition coefficient (Wildman–Crippen LogP) is 3.89. The van der Waals surface area contributed by atoms with Crippen LogP contribution in [0, 0.1) is 11.6 Å². The van der Waals surface area contributed by atoms with E-state index < -0.39 is 46.9 Å². The van der Waals surface area contributed by atoms with E-state index in [-0.39, 0.29) is 36.4 Å². The second-order valence-corrected chi connectivity index (χ2v) is 7.76. The van der Waals surface area contributed by atoms with Gasteiger partial charge in [0.05, 0.1) is 22.3 Å². The largest absolute Gasteiger partial charge is 0.484 e. The minimum absolute atomic E-state index is 0.0746. The number of hydrogen-bond donors (Lipinski definition) is 3. The maximum atomic E-state index is 13.8. The van der Waals surface area contributed by atoms with E-state index in [2.05, 4.69) is 16.0 Å². The number of ether oxygens (including phenoxy) is 1. The monoisotopic (exact) mass is 491 g/mol. The Balaban J connectivity index is 1.46. The van der Waals surface area contributed by atoms with Crippen LogP contribution in [-0.4, -0.2) is 37.0 Å². The fourth-order valence-corrected chi connectivity index (χ4v) is 3.32. The molecule has 2 aromatic rings. The smallest absolute Gasteiger partial charge is 0.416 e. The Hall–Kier alpha value is -2.92. The third kappa shape index (κ3) is 6.78. The molecule has 0 spiro atoms. The van der Waals surface area contributed by atoms with Gasteiger partial charge in [-0.2, -0.15) is 13.2 Å². The molecule has 12 heteroatoms. The number of hydrogen-bond acceptors (Lipinski definition) is 4. The number of amides is 2. The Morgan fingerprint density at radius 2 is 1.85 bits per heavy atom. The molecular weight excluding hydrogens is 473 g/mol. The first-order valence-corrected chi connectivity index (χ1v) is 10.2. The van der Waals surface area contributed by atoms with Gasteiger partial charge in [-0.15, -0.1) is 0 Å². The molecule has 1 aliphatic rings. The average Bonchev–Trinajstić information content (AvgIpc) is 2.75. The predicted molar refractivity (Wildman–Crippen MR) is 110 cm³/mol. The van der Waals surface area contributed by atoms with E-state index in [4.69, 9.17) is 16.3 Å². The highest BCUT2D eigenvalue weighted by Crippen LogP contribution is 2.32. The van der Waals surface area contributed by atoms with Crippen LogP contribution in [0.1, 0.15) is 18.4 Å². The zero-order chi connectivity index (χ0) is 24.2. The highest BCUT2D eigenvalue weighted by atomic mass is 35.5. The van der Waals surface area contributed by atoms with Crippen LogP contribution in [0.3, 0.4) is 0 Å². The Kier molecular flexibility index (Phi) is 7.75. The molecule has 1 saturated heterocycles. The van der Waals surface area contributed by atoms with Gasteiger partial charge in [0.25, 0.3) is 5.91 Å². The van der Waals surface area contributed by atoms with Gasteiger partial charge in [0.15, 0.2) is 6.61 Å². The molecule has 2 unspecified atom stereocenters. The fraction of sp³-hybridized carbons (Fsp3) is 0.333. The van der Waals surface area contributed by atoms with Gasteiger partial charge >= 0.3 is 6.18 Å². The Bertz CT molecular complexity index is 1030. The molecule has 2 aromatic carbocycles. The summed E-state index contributed by atoms with van der Waals surface area (Å²) in [5, 5.41) is 7.66. The zero-order valence-electron chi connectivity index (χ0n) is 16.9. The second kappa shape index (κ2) is 10.3. The molecule has 0 radical (unpaired) electrons. The SMILES string of the molecule is O=C(COc1ccc(Cl)c(F)c1)NC1CCC(C(=O)Nc2cc(C(F)(F)F)ccc2F)NC1. The van der Waals surface area contributed by atoms with Gasteiger partial charge in [0.1, 0.15) is 17.4 Å². The van der Waals surface area contributed by atoms with Gasteiger partial charge in [-0.25, -0.2) is 8.78 Å². The number of carbonyl (C=O) groups is 2. The normalized spacial score (nSPS) is 18.5. The van der Waals surface area contributed by atoms with Crippen molar-refractivity contribution in [2.24, 2.45) is 0 Å². The molecule has 0 bridgehead atoms. The Morgan fingerprint density at radius 3 is 2.48 bits per heavy atom. The van der Waals surface area contributed by atoms with E-state index in [1.54, 1.807) is 0 Å². The number of nitrogens with one attached hydrogen (secondary N) is 3. The van der Waals surface area contributed by atoms with Crippen LogP contribution in [0.4, 0.5) is 27.6 Å². The quantitative estimate of drug-likeness (QED) is 0.536. The molecule has 1 fully saturated rings. The number of piperidine rings is 1. The molecule has 0 aromatic heterocycles. The summed E-state index contributed by atoms with van der Waals surface area (Å²) in [7, 11) is 0. The minimum atomic E-state index is -4.67. The van der Waals surface area contributed by atoms with E-state index in [9.17, 15) is 31.5 Å². The fourth-order valence-electron chi connectivity index (χ4n) is 3.21. The van der Waals surface area contributed by atoms with Crippen LogP contribution >= 0.6 is 11.6 Å². The average molecular weight is 492 g/mol. The number of rotatable bonds is 6. The molecule has 2 amide bonds. The molecule has 178 valence electrons. The van der Waals surface area contributed by atoms with Gasteiger partial charge in [0.2, 0.25) is 5.91 Å². The number of anilines is 1. The Labute approximate surface area is 190 Å². The van der Waals surface area contributed by atoms with Crippen molar-refractivity contribution in [2.75, 3.05) is 18.5 Å². The van der Waals surface area contributed by atoms with Crippen molar-refractivity contribution in [1.29, 1.82) is 0 Å². The highest BCUT2D eigenvalue weighted by molar-refractivity contribution is 6.30. The number of benzene rings is 2. The first kappa shape index (κ1) is 24.7. The van der Waals surface area contributed by atoms with Crippen molar-refractivity contribution < 1.29 is 36.3 Å². The molecule has 6 nitrogen and oxygen atoms in total. The standard InChI is InChI=1S/C21H19ClF5N3O3/c22-14-4-3-13(8-16(14)24)33-10-19(31)29-12-2-6-17(28-9-12)20(32)30-18-7-11(21(25,26)27)1-5-15(18)23/h1,3-5,7-8,12,17,28H,2,6,9-10H2,(H,29,31)(H,30,32). The maximum Gasteiger partial charge on any atom is 0.416 e. The molecular formula is C21H19ClF5N3O3. The van der Waals surface area contributed by atoms with Crippen molar-refractivity contribution in [3.05, 3.63) is 58.6 Å². The molecule has 0 saturated carbocycles. The molecule has 3 N–H and O–H groups in total. The lowest BCUT2D eigenvalue weighted by molar-refractivity contribution is -0.137. The summed E-state index contributed by atoms with van der Waals surface area (Å²) in [5.41, 5.74) is -1.65. The van der Waals surface area contributed by atoms with Crippen LogP contribution in [-0.2, 0) is 15.8 Å². The summed E-state index contributed by atoms with van der Waals surface area (Å²) >= 11 is 5.58. The summed E-state index contributed by atoms with van der Waals surface area (Å²) in [5.74, 6) is -2.69. The van der Waals surface area contributed by atoms with Crippen molar-refractivity contribution >= 4 is 29.1 Å². The summed E-state index contributed by atoms with van der Waals surface area (Å²) in [6.07, 6.45) is -4.04. The Morgan fingerprint density at radius 1 is 1.09 bits per heavy atom. The van der Waals surface area contributed by atoms with Crippen LogP contribution in [0.5, 0.6) is 5.75 Å².